The second-order valence-corrected chi connectivity index (χ2v) is 6.33. The number of halogens is 3. The quantitative estimate of drug-likeness (QED) is 0.656. The standard InChI is InChI=1S/C18H23F3N6O3/c1-4-8-22-14(28)11-26(9-5-2)17(29)12-10-23-27(16(12)18(19,20)21)13-6-7-15(30-3)25-24-13/h6-7,10H,4-5,8-9,11H2,1-3H3,(H,22,28). The molecule has 0 saturated heterocycles. The van der Waals surface area contributed by atoms with E-state index >= 15 is 0 Å². The number of carbonyl (C=O) groups excluding carboxylic acids is 2. The second-order valence-electron chi connectivity index (χ2n) is 6.33. The molecular formula is C18H23F3N6O3. The van der Waals surface area contributed by atoms with Crippen molar-refractivity contribution in [1.29, 1.82) is 0 Å². The molecule has 0 spiro atoms. The molecule has 1 N–H and O–H groups in total. The third kappa shape index (κ3) is 5.45. The SMILES string of the molecule is CCCNC(=O)CN(CCC)C(=O)c1cnn(-c2ccc(OC)nn2)c1C(F)(F)F. The Balaban J connectivity index is 2.42. The van der Waals surface area contributed by atoms with E-state index in [1.54, 1.807) is 6.92 Å². The van der Waals surface area contributed by atoms with E-state index in [2.05, 4.69) is 20.6 Å². The smallest absolute Gasteiger partial charge is 0.434 e. The van der Waals surface area contributed by atoms with Crippen molar-refractivity contribution in [3.05, 3.63) is 29.6 Å². The van der Waals surface area contributed by atoms with Crippen molar-refractivity contribution in [2.24, 2.45) is 0 Å². The number of nitrogens with one attached hydrogen (secondary N) is 1. The molecule has 30 heavy (non-hydrogen) atoms. The van der Waals surface area contributed by atoms with Crippen LogP contribution in [0, 0.1) is 0 Å². The van der Waals surface area contributed by atoms with Crippen LogP contribution in [-0.2, 0) is 11.0 Å². The predicted octanol–water partition coefficient (Wildman–Crippen LogP) is 2.07. The molecule has 2 aromatic rings. The molecule has 2 aromatic heterocycles. The van der Waals surface area contributed by atoms with Crippen molar-refractivity contribution >= 4 is 11.8 Å². The van der Waals surface area contributed by atoms with Gasteiger partial charge in [-0.05, 0) is 18.9 Å². The number of hydrogen-bond donors (Lipinski definition) is 1. The van der Waals surface area contributed by atoms with Crippen LogP contribution >= 0.6 is 0 Å². The Morgan fingerprint density at radius 2 is 1.93 bits per heavy atom. The van der Waals surface area contributed by atoms with Gasteiger partial charge in [0.25, 0.3) is 5.91 Å². The van der Waals surface area contributed by atoms with Crippen LogP contribution in [0.4, 0.5) is 13.2 Å². The Morgan fingerprint density at radius 1 is 1.20 bits per heavy atom. The monoisotopic (exact) mass is 428 g/mol. The van der Waals surface area contributed by atoms with Gasteiger partial charge in [-0.1, -0.05) is 13.8 Å². The summed E-state index contributed by atoms with van der Waals surface area (Å²) in [5, 5.41) is 13.6. The van der Waals surface area contributed by atoms with E-state index in [0.717, 1.165) is 11.1 Å². The molecular weight excluding hydrogens is 405 g/mol. The molecule has 2 rings (SSSR count). The Morgan fingerprint density at radius 3 is 2.47 bits per heavy atom. The molecule has 12 heteroatoms. The van der Waals surface area contributed by atoms with Crippen molar-refractivity contribution in [2.45, 2.75) is 32.9 Å². The topological polar surface area (TPSA) is 102 Å². The lowest BCUT2D eigenvalue weighted by atomic mass is 10.2. The van der Waals surface area contributed by atoms with Gasteiger partial charge in [-0.3, -0.25) is 9.59 Å². The van der Waals surface area contributed by atoms with Crippen LogP contribution in [0.15, 0.2) is 18.3 Å². The second kappa shape index (κ2) is 10.0. The Bertz CT molecular complexity index is 867. The maximum Gasteiger partial charge on any atom is 0.434 e. The lowest BCUT2D eigenvalue weighted by molar-refractivity contribution is -0.143. The molecule has 0 bridgehead atoms. The number of rotatable bonds is 9. The van der Waals surface area contributed by atoms with Gasteiger partial charge < -0.3 is 15.0 Å². The predicted molar refractivity (Wildman–Crippen MR) is 100 cm³/mol. The van der Waals surface area contributed by atoms with Gasteiger partial charge in [0, 0.05) is 19.2 Å². The first-order chi connectivity index (χ1) is 14.2. The molecule has 0 aliphatic rings. The van der Waals surface area contributed by atoms with Crippen molar-refractivity contribution in [2.75, 3.05) is 26.7 Å². The van der Waals surface area contributed by atoms with E-state index in [-0.39, 0.29) is 24.8 Å². The van der Waals surface area contributed by atoms with Crippen LogP contribution in [0.25, 0.3) is 5.82 Å². The summed E-state index contributed by atoms with van der Waals surface area (Å²) in [6.07, 6.45) is -2.91. The number of amides is 2. The lowest BCUT2D eigenvalue weighted by Crippen LogP contribution is -2.41. The van der Waals surface area contributed by atoms with Gasteiger partial charge in [-0.15, -0.1) is 10.2 Å². The van der Waals surface area contributed by atoms with E-state index in [1.165, 1.54) is 19.2 Å². The van der Waals surface area contributed by atoms with E-state index in [4.69, 9.17) is 4.74 Å². The molecule has 0 aliphatic carbocycles. The van der Waals surface area contributed by atoms with Gasteiger partial charge in [0.1, 0.15) is 0 Å². The zero-order valence-electron chi connectivity index (χ0n) is 16.9. The van der Waals surface area contributed by atoms with E-state index in [9.17, 15) is 22.8 Å². The van der Waals surface area contributed by atoms with Crippen LogP contribution < -0.4 is 10.1 Å². The molecule has 0 unspecified atom stereocenters. The number of nitrogens with zero attached hydrogens (tertiary/aromatic N) is 5. The number of methoxy groups -OCH3 is 1. The maximum atomic E-state index is 13.8. The van der Waals surface area contributed by atoms with Crippen LogP contribution in [0.5, 0.6) is 5.88 Å². The van der Waals surface area contributed by atoms with Crippen molar-refractivity contribution in [1.82, 2.24) is 30.2 Å². The van der Waals surface area contributed by atoms with Gasteiger partial charge in [0.15, 0.2) is 11.5 Å². The highest BCUT2D eigenvalue weighted by Gasteiger charge is 2.42. The average Bonchev–Trinajstić information content (AvgIpc) is 3.17. The summed E-state index contributed by atoms with van der Waals surface area (Å²) < 4.78 is 46.8. The normalized spacial score (nSPS) is 11.3. The first kappa shape index (κ1) is 23.1. The molecule has 0 radical (unpaired) electrons. The lowest BCUT2D eigenvalue weighted by Gasteiger charge is -2.22. The Hall–Kier alpha value is -3.18. The van der Waals surface area contributed by atoms with Crippen molar-refractivity contribution < 1.29 is 27.5 Å². The molecule has 164 valence electrons. The fraction of sp³-hybridized carbons (Fsp3) is 0.500. The number of alkyl halides is 3. The minimum atomic E-state index is -4.90. The summed E-state index contributed by atoms with van der Waals surface area (Å²) >= 11 is 0. The van der Waals surface area contributed by atoms with E-state index < -0.39 is 29.2 Å². The summed E-state index contributed by atoms with van der Waals surface area (Å²) in [6, 6.07) is 2.57. The molecule has 0 aromatic carbocycles. The first-order valence-electron chi connectivity index (χ1n) is 9.32. The molecule has 9 nitrogen and oxygen atoms in total. The summed E-state index contributed by atoms with van der Waals surface area (Å²) in [5.41, 5.74) is -1.96. The van der Waals surface area contributed by atoms with Crippen molar-refractivity contribution in [3.8, 4) is 11.7 Å². The first-order valence-corrected chi connectivity index (χ1v) is 9.32. The largest absolute Gasteiger partial charge is 0.480 e. The Labute approximate surface area is 171 Å². The number of ether oxygens (including phenoxy) is 1. The minimum Gasteiger partial charge on any atom is -0.480 e. The van der Waals surface area contributed by atoms with Gasteiger partial charge in [-0.2, -0.15) is 18.3 Å². The fourth-order valence-corrected chi connectivity index (χ4v) is 2.67. The number of hydrogen-bond acceptors (Lipinski definition) is 6. The Kier molecular flexibility index (Phi) is 7.72. The summed E-state index contributed by atoms with van der Waals surface area (Å²) in [6.45, 7) is 3.79. The van der Waals surface area contributed by atoms with Gasteiger partial charge in [-0.25, -0.2) is 4.68 Å². The summed E-state index contributed by atoms with van der Waals surface area (Å²) in [7, 11) is 1.34. The third-order valence-electron chi connectivity index (χ3n) is 4.01. The van der Waals surface area contributed by atoms with E-state index in [0.29, 0.717) is 24.1 Å². The summed E-state index contributed by atoms with van der Waals surface area (Å²) in [5.74, 6) is -1.50. The van der Waals surface area contributed by atoms with Gasteiger partial charge in [0.2, 0.25) is 11.8 Å². The molecule has 0 atom stereocenters. The fourth-order valence-electron chi connectivity index (χ4n) is 2.67. The zero-order chi connectivity index (χ0) is 22.3. The van der Waals surface area contributed by atoms with Crippen LogP contribution in [0.1, 0.15) is 42.7 Å². The minimum absolute atomic E-state index is 0.114. The van der Waals surface area contributed by atoms with Crippen LogP contribution in [-0.4, -0.2) is 63.4 Å². The van der Waals surface area contributed by atoms with E-state index in [1.807, 2.05) is 6.92 Å². The molecule has 0 fully saturated rings. The molecule has 0 aliphatic heterocycles. The van der Waals surface area contributed by atoms with Crippen LogP contribution in [0.2, 0.25) is 0 Å². The third-order valence-corrected chi connectivity index (χ3v) is 4.01. The van der Waals surface area contributed by atoms with Crippen molar-refractivity contribution in [3.63, 3.8) is 0 Å². The average molecular weight is 428 g/mol. The molecule has 0 saturated carbocycles. The highest BCUT2D eigenvalue weighted by Crippen LogP contribution is 2.34. The molecule has 2 heterocycles. The highest BCUT2D eigenvalue weighted by atomic mass is 19.4. The molecule has 2 amide bonds. The maximum absolute atomic E-state index is 13.8. The summed E-state index contributed by atoms with van der Waals surface area (Å²) in [4.78, 5) is 26.0. The zero-order valence-corrected chi connectivity index (χ0v) is 16.9. The van der Waals surface area contributed by atoms with Crippen LogP contribution in [0.3, 0.4) is 0 Å². The number of carbonyl (C=O) groups is 2. The number of aromatic nitrogens is 4. The highest BCUT2D eigenvalue weighted by molar-refractivity contribution is 5.97. The van der Waals surface area contributed by atoms with Gasteiger partial charge >= 0.3 is 6.18 Å². The van der Waals surface area contributed by atoms with Gasteiger partial charge in [0.05, 0.1) is 25.4 Å².